The second-order valence-electron chi connectivity index (χ2n) is 6.26. The molecule has 0 aliphatic carbocycles. The molecule has 0 radical (unpaired) electrons. The highest BCUT2D eigenvalue weighted by atomic mass is 79.9. The van der Waals surface area contributed by atoms with Gasteiger partial charge in [0.1, 0.15) is 0 Å². The van der Waals surface area contributed by atoms with Gasteiger partial charge in [-0.2, -0.15) is 0 Å². The van der Waals surface area contributed by atoms with Crippen LogP contribution in [0.15, 0.2) is 28.7 Å². The number of rotatable bonds is 5. The second-order valence-corrected chi connectivity index (χ2v) is 7.17. The van der Waals surface area contributed by atoms with E-state index in [2.05, 4.69) is 48.9 Å². The fraction of sp³-hybridized carbons (Fsp3) is 0.562. The van der Waals surface area contributed by atoms with Crippen molar-refractivity contribution in [1.29, 1.82) is 0 Å². The number of nitrogens with two attached hydrogens (primary N) is 1. The minimum absolute atomic E-state index is 0.0159. The van der Waals surface area contributed by atoms with Gasteiger partial charge in [-0.15, -0.1) is 0 Å². The third-order valence-corrected chi connectivity index (χ3v) is 4.06. The van der Waals surface area contributed by atoms with E-state index >= 15 is 0 Å². The standard InChI is InChI=1S/C16H25BrN2O/c1-5-13(11-6-8-12(17)9-7-11)19-15(20)10-14(18)16(2,3)4/h6-9,13-14H,5,10,18H2,1-4H3,(H,19,20). The molecular weight excluding hydrogens is 316 g/mol. The number of amides is 1. The van der Waals surface area contributed by atoms with Gasteiger partial charge in [0, 0.05) is 16.9 Å². The maximum absolute atomic E-state index is 12.1. The van der Waals surface area contributed by atoms with Gasteiger partial charge in [0.05, 0.1) is 6.04 Å². The highest BCUT2D eigenvalue weighted by Crippen LogP contribution is 2.22. The van der Waals surface area contributed by atoms with Gasteiger partial charge in [0.2, 0.25) is 5.91 Å². The van der Waals surface area contributed by atoms with E-state index in [4.69, 9.17) is 5.73 Å². The maximum atomic E-state index is 12.1. The first-order valence-corrected chi connectivity index (χ1v) is 7.83. The van der Waals surface area contributed by atoms with E-state index in [1.165, 1.54) is 0 Å². The molecule has 1 aromatic rings. The molecule has 0 aromatic heterocycles. The molecule has 3 N–H and O–H groups in total. The van der Waals surface area contributed by atoms with Crippen LogP contribution in [-0.4, -0.2) is 11.9 Å². The minimum Gasteiger partial charge on any atom is -0.349 e. The third-order valence-electron chi connectivity index (χ3n) is 3.53. The summed E-state index contributed by atoms with van der Waals surface area (Å²) >= 11 is 3.42. The van der Waals surface area contributed by atoms with Gasteiger partial charge in [-0.25, -0.2) is 0 Å². The second kappa shape index (κ2) is 7.23. The Labute approximate surface area is 130 Å². The molecule has 0 fully saturated rings. The van der Waals surface area contributed by atoms with Crippen molar-refractivity contribution in [2.24, 2.45) is 11.1 Å². The largest absolute Gasteiger partial charge is 0.349 e. The summed E-state index contributed by atoms with van der Waals surface area (Å²) in [7, 11) is 0. The molecule has 0 aliphatic rings. The molecule has 3 nitrogen and oxygen atoms in total. The number of halogens is 1. The normalized spacial score (nSPS) is 14.7. The van der Waals surface area contributed by atoms with Crippen molar-refractivity contribution in [1.82, 2.24) is 5.32 Å². The lowest BCUT2D eigenvalue weighted by atomic mass is 9.85. The summed E-state index contributed by atoms with van der Waals surface area (Å²) < 4.78 is 1.04. The van der Waals surface area contributed by atoms with Gasteiger partial charge in [-0.05, 0) is 29.5 Å². The average Bonchev–Trinajstić information content (AvgIpc) is 2.36. The summed E-state index contributed by atoms with van der Waals surface area (Å²) in [5, 5.41) is 3.07. The zero-order valence-electron chi connectivity index (χ0n) is 12.7. The molecule has 1 aromatic carbocycles. The molecule has 0 saturated carbocycles. The Bertz CT molecular complexity index is 437. The fourth-order valence-corrected chi connectivity index (χ4v) is 2.14. The van der Waals surface area contributed by atoms with E-state index in [1.54, 1.807) is 0 Å². The summed E-state index contributed by atoms with van der Waals surface area (Å²) in [5.41, 5.74) is 7.12. The molecule has 1 amide bonds. The Hall–Kier alpha value is -0.870. The van der Waals surface area contributed by atoms with E-state index < -0.39 is 0 Å². The highest BCUT2D eigenvalue weighted by molar-refractivity contribution is 9.10. The van der Waals surface area contributed by atoms with Crippen LogP contribution in [0.5, 0.6) is 0 Å². The van der Waals surface area contributed by atoms with Crippen LogP contribution >= 0.6 is 15.9 Å². The van der Waals surface area contributed by atoms with Gasteiger partial charge in [-0.3, -0.25) is 4.79 Å². The molecule has 1 rings (SSSR count). The molecular formula is C16H25BrN2O. The Morgan fingerprint density at radius 1 is 1.30 bits per heavy atom. The van der Waals surface area contributed by atoms with Crippen molar-refractivity contribution in [2.45, 2.75) is 52.6 Å². The summed E-state index contributed by atoms with van der Waals surface area (Å²) in [6.07, 6.45) is 1.22. The molecule has 20 heavy (non-hydrogen) atoms. The number of carbonyl (C=O) groups excluding carboxylic acids is 1. The van der Waals surface area contributed by atoms with Crippen LogP contribution in [0.3, 0.4) is 0 Å². The minimum atomic E-state index is -0.134. The Morgan fingerprint density at radius 2 is 1.85 bits per heavy atom. The fourth-order valence-electron chi connectivity index (χ4n) is 1.88. The van der Waals surface area contributed by atoms with Crippen molar-refractivity contribution in [3.05, 3.63) is 34.3 Å². The first-order chi connectivity index (χ1) is 9.24. The van der Waals surface area contributed by atoms with E-state index in [1.807, 2.05) is 24.3 Å². The predicted molar refractivity (Wildman–Crippen MR) is 87.4 cm³/mol. The lowest BCUT2D eigenvalue weighted by Gasteiger charge is -2.27. The van der Waals surface area contributed by atoms with Gasteiger partial charge < -0.3 is 11.1 Å². The van der Waals surface area contributed by atoms with E-state index in [0.717, 1.165) is 16.5 Å². The Balaban J connectivity index is 2.65. The molecule has 0 aliphatic heterocycles. The number of hydrogen-bond acceptors (Lipinski definition) is 2. The lowest BCUT2D eigenvalue weighted by molar-refractivity contribution is -0.122. The van der Waals surface area contributed by atoms with Gasteiger partial charge in [-0.1, -0.05) is 55.8 Å². The maximum Gasteiger partial charge on any atom is 0.222 e. The number of carbonyl (C=O) groups is 1. The van der Waals surface area contributed by atoms with Crippen LogP contribution < -0.4 is 11.1 Å². The summed E-state index contributed by atoms with van der Waals surface area (Å²) in [4.78, 5) is 12.1. The Kier molecular flexibility index (Phi) is 6.21. The quantitative estimate of drug-likeness (QED) is 0.856. The predicted octanol–water partition coefficient (Wildman–Crippen LogP) is 3.78. The van der Waals surface area contributed by atoms with Crippen molar-refractivity contribution in [3.8, 4) is 0 Å². The lowest BCUT2D eigenvalue weighted by Crippen LogP contribution is -2.40. The van der Waals surface area contributed by atoms with Crippen LogP contribution in [0.4, 0.5) is 0 Å². The molecule has 4 heteroatoms. The smallest absolute Gasteiger partial charge is 0.222 e. The molecule has 0 saturated heterocycles. The van der Waals surface area contributed by atoms with Crippen LogP contribution in [0.2, 0.25) is 0 Å². The highest BCUT2D eigenvalue weighted by Gasteiger charge is 2.24. The SMILES string of the molecule is CCC(NC(=O)CC(N)C(C)(C)C)c1ccc(Br)cc1. The number of hydrogen-bond donors (Lipinski definition) is 2. The molecule has 112 valence electrons. The molecule has 0 bridgehead atoms. The van der Waals surface area contributed by atoms with Crippen LogP contribution in [0.25, 0.3) is 0 Å². The summed E-state index contributed by atoms with van der Waals surface area (Å²) in [5.74, 6) is 0.0159. The van der Waals surface area contributed by atoms with Crippen molar-refractivity contribution >= 4 is 21.8 Å². The van der Waals surface area contributed by atoms with Gasteiger partial charge >= 0.3 is 0 Å². The van der Waals surface area contributed by atoms with Gasteiger partial charge in [0.25, 0.3) is 0 Å². The molecule has 0 spiro atoms. The zero-order valence-corrected chi connectivity index (χ0v) is 14.3. The van der Waals surface area contributed by atoms with E-state index in [-0.39, 0.29) is 23.4 Å². The molecule has 2 unspecified atom stereocenters. The van der Waals surface area contributed by atoms with Crippen LogP contribution in [0, 0.1) is 5.41 Å². The zero-order chi connectivity index (χ0) is 15.3. The third kappa shape index (κ3) is 5.25. The Morgan fingerprint density at radius 3 is 2.30 bits per heavy atom. The van der Waals surface area contributed by atoms with Crippen molar-refractivity contribution in [3.63, 3.8) is 0 Å². The molecule has 2 atom stereocenters. The molecule has 0 heterocycles. The first kappa shape index (κ1) is 17.2. The van der Waals surface area contributed by atoms with Crippen molar-refractivity contribution < 1.29 is 4.79 Å². The topological polar surface area (TPSA) is 55.1 Å². The number of benzene rings is 1. The average molecular weight is 341 g/mol. The van der Waals surface area contributed by atoms with E-state index in [9.17, 15) is 4.79 Å². The van der Waals surface area contributed by atoms with E-state index in [0.29, 0.717) is 6.42 Å². The van der Waals surface area contributed by atoms with Gasteiger partial charge in [0.15, 0.2) is 0 Å². The first-order valence-electron chi connectivity index (χ1n) is 7.04. The monoisotopic (exact) mass is 340 g/mol. The summed E-state index contributed by atoms with van der Waals surface area (Å²) in [6.45, 7) is 8.22. The van der Waals surface area contributed by atoms with Crippen LogP contribution in [-0.2, 0) is 4.79 Å². The van der Waals surface area contributed by atoms with Crippen LogP contribution in [0.1, 0.15) is 52.1 Å². The summed E-state index contributed by atoms with van der Waals surface area (Å²) in [6, 6.07) is 7.95. The number of nitrogens with one attached hydrogen (secondary N) is 1. The van der Waals surface area contributed by atoms with Crippen molar-refractivity contribution in [2.75, 3.05) is 0 Å².